The summed E-state index contributed by atoms with van der Waals surface area (Å²) in [6.45, 7) is 1.45. The van der Waals surface area contributed by atoms with E-state index < -0.39 is 11.6 Å². The van der Waals surface area contributed by atoms with Gasteiger partial charge in [-0.05, 0) is 30.3 Å². The van der Waals surface area contributed by atoms with Crippen molar-refractivity contribution in [3.05, 3.63) is 53.5 Å². The van der Waals surface area contributed by atoms with Gasteiger partial charge >= 0.3 is 0 Å². The lowest BCUT2D eigenvalue weighted by molar-refractivity contribution is -0.114. The summed E-state index contributed by atoms with van der Waals surface area (Å²) in [7, 11) is 0. The molecule has 126 valence electrons. The van der Waals surface area contributed by atoms with Crippen molar-refractivity contribution in [3.8, 4) is 11.5 Å². The van der Waals surface area contributed by atoms with Crippen LogP contribution in [0.2, 0.25) is 0 Å². The van der Waals surface area contributed by atoms with Gasteiger partial charge in [0.05, 0.1) is 5.56 Å². The third-order valence-electron chi connectivity index (χ3n) is 3.77. The van der Waals surface area contributed by atoms with Crippen LogP contribution in [0.15, 0.2) is 40.8 Å². The fourth-order valence-corrected chi connectivity index (χ4v) is 2.65. The van der Waals surface area contributed by atoms with Gasteiger partial charge in [0.25, 0.3) is 0 Å². The Bertz CT molecular complexity index is 983. The molecule has 6 nitrogen and oxygen atoms in total. The lowest BCUT2D eigenvalue weighted by Gasteiger charge is -2.04. The fraction of sp³-hybridized carbons (Fsp3) is 0.111. The quantitative estimate of drug-likeness (QED) is 0.738. The first-order chi connectivity index (χ1) is 12.0. The van der Waals surface area contributed by atoms with E-state index in [1.807, 2.05) is 0 Å². The molecule has 1 aliphatic rings. The minimum atomic E-state index is -0.745. The Kier molecular flexibility index (Phi) is 3.42. The molecular weight excluding hydrogens is 329 g/mol. The van der Waals surface area contributed by atoms with Gasteiger partial charge in [0.1, 0.15) is 11.4 Å². The van der Waals surface area contributed by atoms with Crippen LogP contribution in [0.25, 0.3) is 11.0 Å². The van der Waals surface area contributed by atoms with Gasteiger partial charge in [0.2, 0.25) is 18.5 Å². The number of hydrogen-bond acceptors (Lipinski definition) is 5. The summed E-state index contributed by atoms with van der Waals surface area (Å²) in [6.07, 6.45) is 0. The van der Waals surface area contributed by atoms with Crippen molar-refractivity contribution in [2.24, 2.45) is 0 Å². The van der Waals surface area contributed by atoms with Gasteiger partial charge in [-0.25, -0.2) is 4.39 Å². The molecule has 1 amide bonds. The standard InChI is InChI=1S/C18H12FNO5/c1-9(21)20-11-2-3-12(13(19)6-11)18(22)17-5-10-4-15-16(24-8-23-15)7-14(10)25-17/h2-7H,8H2,1H3,(H,20,21). The zero-order chi connectivity index (χ0) is 17.6. The zero-order valence-electron chi connectivity index (χ0n) is 13.1. The highest BCUT2D eigenvalue weighted by molar-refractivity contribution is 6.09. The first kappa shape index (κ1) is 15.2. The highest BCUT2D eigenvalue weighted by atomic mass is 19.1. The second-order valence-corrected chi connectivity index (χ2v) is 5.56. The van der Waals surface area contributed by atoms with Crippen LogP contribution in [-0.4, -0.2) is 18.5 Å². The van der Waals surface area contributed by atoms with E-state index >= 15 is 0 Å². The number of fused-ring (bicyclic) bond motifs is 2. The van der Waals surface area contributed by atoms with Crippen molar-refractivity contribution >= 4 is 28.3 Å². The van der Waals surface area contributed by atoms with Crippen LogP contribution in [0.3, 0.4) is 0 Å². The minimum absolute atomic E-state index is 0.00449. The largest absolute Gasteiger partial charge is 0.454 e. The highest BCUT2D eigenvalue weighted by Gasteiger charge is 2.21. The normalized spacial score (nSPS) is 12.4. The average molecular weight is 341 g/mol. The molecule has 0 saturated heterocycles. The van der Waals surface area contributed by atoms with E-state index in [9.17, 15) is 14.0 Å². The van der Waals surface area contributed by atoms with Crippen molar-refractivity contribution in [1.82, 2.24) is 0 Å². The molecule has 1 N–H and O–H groups in total. The Hall–Kier alpha value is -3.35. The van der Waals surface area contributed by atoms with Crippen LogP contribution in [-0.2, 0) is 4.79 Å². The first-order valence-electron chi connectivity index (χ1n) is 7.46. The number of carbonyl (C=O) groups is 2. The number of halogens is 1. The van der Waals surface area contributed by atoms with Crippen LogP contribution in [0, 0.1) is 5.82 Å². The van der Waals surface area contributed by atoms with Gasteiger partial charge in [-0.1, -0.05) is 0 Å². The molecule has 2 heterocycles. The predicted octanol–water partition coefficient (Wildman–Crippen LogP) is 3.49. The molecule has 0 spiro atoms. The molecule has 0 atom stereocenters. The Labute approximate surface area is 141 Å². The Morgan fingerprint density at radius 1 is 1.08 bits per heavy atom. The van der Waals surface area contributed by atoms with Gasteiger partial charge in [-0.3, -0.25) is 9.59 Å². The van der Waals surface area contributed by atoms with Crippen molar-refractivity contribution in [2.45, 2.75) is 6.92 Å². The van der Waals surface area contributed by atoms with E-state index in [4.69, 9.17) is 13.9 Å². The molecule has 4 rings (SSSR count). The summed E-state index contributed by atoms with van der Waals surface area (Å²) in [4.78, 5) is 23.6. The van der Waals surface area contributed by atoms with E-state index in [2.05, 4.69) is 5.32 Å². The van der Waals surface area contributed by atoms with Gasteiger partial charge in [0, 0.05) is 24.1 Å². The highest BCUT2D eigenvalue weighted by Crippen LogP contribution is 2.37. The molecule has 7 heteroatoms. The SMILES string of the molecule is CC(=O)Nc1ccc(C(=O)c2cc3cc4c(cc3o2)OCO4)c(F)c1. The number of carbonyl (C=O) groups excluding carboxylic acids is 2. The third kappa shape index (κ3) is 2.69. The van der Waals surface area contributed by atoms with Gasteiger partial charge < -0.3 is 19.2 Å². The van der Waals surface area contributed by atoms with Crippen LogP contribution in [0.1, 0.15) is 23.0 Å². The third-order valence-corrected chi connectivity index (χ3v) is 3.77. The molecule has 0 bridgehead atoms. The summed E-state index contributed by atoms with van der Waals surface area (Å²) in [5.41, 5.74) is 0.577. The van der Waals surface area contributed by atoms with Crippen molar-refractivity contribution in [1.29, 1.82) is 0 Å². The van der Waals surface area contributed by atoms with Crippen LogP contribution in [0.5, 0.6) is 11.5 Å². The predicted molar refractivity (Wildman–Crippen MR) is 86.5 cm³/mol. The van der Waals surface area contributed by atoms with E-state index in [0.717, 1.165) is 6.07 Å². The molecular formula is C18H12FNO5. The number of anilines is 1. The molecule has 0 radical (unpaired) electrons. The number of amides is 1. The first-order valence-corrected chi connectivity index (χ1v) is 7.46. The van der Waals surface area contributed by atoms with E-state index in [0.29, 0.717) is 22.5 Å². The molecule has 0 saturated carbocycles. The second kappa shape index (κ2) is 5.62. The van der Waals surface area contributed by atoms with Gasteiger partial charge in [-0.2, -0.15) is 0 Å². The molecule has 0 fully saturated rings. The summed E-state index contributed by atoms with van der Waals surface area (Å²) in [5, 5.41) is 3.11. The van der Waals surface area contributed by atoms with Crippen LogP contribution in [0.4, 0.5) is 10.1 Å². The van der Waals surface area contributed by atoms with E-state index in [-0.39, 0.29) is 29.7 Å². The summed E-state index contributed by atoms with van der Waals surface area (Å²) in [5.74, 6) is -0.557. The zero-order valence-corrected chi connectivity index (χ0v) is 13.1. The average Bonchev–Trinajstić information content (AvgIpc) is 3.16. The summed E-state index contributed by atoms with van der Waals surface area (Å²) >= 11 is 0. The number of hydrogen-bond donors (Lipinski definition) is 1. The van der Waals surface area contributed by atoms with Crippen molar-refractivity contribution in [3.63, 3.8) is 0 Å². The lowest BCUT2D eigenvalue weighted by atomic mass is 10.1. The Morgan fingerprint density at radius 3 is 2.56 bits per heavy atom. The number of rotatable bonds is 3. The number of nitrogens with one attached hydrogen (secondary N) is 1. The number of benzene rings is 2. The summed E-state index contributed by atoms with van der Waals surface area (Å²) < 4.78 is 30.3. The van der Waals surface area contributed by atoms with E-state index in [1.165, 1.54) is 25.1 Å². The maximum Gasteiger partial charge on any atom is 0.231 e. The molecule has 25 heavy (non-hydrogen) atoms. The molecule has 1 aromatic heterocycles. The maximum absolute atomic E-state index is 14.2. The van der Waals surface area contributed by atoms with Crippen molar-refractivity contribution < 1.29 is 27.9 Å². The van der Waals surface area contributed by atoms with Gasteiger partial charge in [0.15, 0.2) is 17.3 Å². The summed E-state index contributed by atoms with van der Waals surface area (Å²) in [6, 6.07) is 8.71. The lowest BCUT2D eigenvalue weighted by Crippen LogP contribution is -2.08. The molecule has 0 aliphatic carbocycles. The van der Waals surface area contributed by atoms with Crippen LogP contribution >= 0.6 is 0 Å². The fourth-order valence-electron chi connectivity index (χ4n) is 2.65. The maximum atomic E-state index is 14.2. The molecule has 3 aromatic rings. The number of furan rings is 1. The Balaban J connectivity index is 1.69. The second-order valence-electron chi connectivity index (χ2n) is 5.56. The van der Waals surface area contributed by atoms with Crippen molar-refractivity contribution in [2.75, 3.05) is 12.1 Å². The van der Waals surface area contributed by atoms with E-state index in [1.54, 1.807) is 12.1 Å². The smallest absolute Gasteiger partial charge is 0.231 e. The molecule has 2 aromatic carbocycles. The number of ether oxygens (including phenoxy) is 2. The molecule has 0 unspecified atom stereocenters. The Morgan fingerprint density at radius 2 is 1.84 bits per heavy atom. The molecule has 1 aliphatic heterocycles. The van der Waals surface area contributed by atoms with Gasteiger partial charge in [-0.15, -0.1) is 0 Å². The van der Waals surface area contributed by atoms with Crippen LogP contribution < -0.4 is 14.8 Å². The topological polar surface area (TPSA) is 77.8 Å². The minimum Gasteiger partial charge on any atom is -0.454 e. The number of ketones is 1. The monoisotopic (exact) mass is 341 g/mol.